The minimum Gasteiger partial charge on any atom is -0.464 e. The Morgan fingerprint density at radius 2 is 2.16 bits per heavy atom. The number of ketones is 1. The van der Waals surface area contributed by atoms with Crippen LogP contribution in [-0.4, -0.2) is 21.5 Å². The summed E-state index contributed by atoms with van der Waals surface area (Å²) in [5, 5.41) is 1.65. The van der Waals surface area contributed by atoms with Gasteiger partial charge in [0.2, 0.25) is 0 Å². The Balaban J connectivity index is 1.77. The lowest BCUT2D eigenvalue weighted by Crippen LogP contribution is -2.01. The van der Waals surface area contributed by atoms with Gasteiger partial charge in [0, 0.05) is 11.6 Å². The van der Waals surface area contributed by atoms with Crippen LogP contribution in [0.2, 0.25) is 0 Å². The van der Waals surface area contributed by atoms with E-state index < -0.39 is 0 Å². The van der Waals surface area contributed by atoms with Crippen molar-refractivity contribution in [3.05, 3.63) is 54.7 Å². The van der Waals surface area contributed by atoms with Gasteiger partial charge in [0.1, 0.15) is 18.2 Å². The highest BCUT2D eigenvalue weighted by Crippen LogP contribution is 2.23. The van der Waals surface area contributed by atoms with E-state index in [9.17, 15) is 4.79 Å². The second-order valence-electron chi connectivity index (χ2n) is 3.91. The van der Waals surface area contributed by atoms with Gasteiger partial charge in [-0.1, -0.05) is 30.0 Å². The Kier molecular flexibility index (Phi) is 3.29. The van der Waals surface area contributed by atoms with E-state index in [4.69, 9.17) is 4.42 Å². The summed E-state index contributed by atoms with van der Waals surface area (Å²) in [5.41, 5.74) is 1.36. The van der Waals surface area contributed by atoms with Crippen molar-refractivity contribution in [3.8, 4) is 0 Å². The molecular weight excluding hydrogens is 260 g/mol. The second-order valence-corrected chi connectivity index (χ2v) is 4.90. The Morgan fingerprint density at radius 3 is 3.00 bits per heavy atom. The molecule has 0 fully saturated rings. The number of furan rings is 1. The standard InChI is InChI=1S/C14H10N2O2S/c17-12(8-19-14-5-6-15-9-16-14)11-7-18-13-4-2-1-3-10(11)13/h1-7,9H,8H2. The van der Waals surface area contributed by atoms with Crippen LogP contribution in [0.4, 0.5) is 0 Å². The molecule has 1 aromatic carbocycles. The minimum absolute atomic E-state index is 0.0357. The van der Waals surface area contributed by atoms with Crippen molar-refractivity contribution in [1.82, 2.24) is 9.97 Å². The van der Waals surface area contributed by atoms with E-state index >= 15 is 0 Å². The third kappa shape index (κ3) is 2.51. The molecule has 0 bridgehead atoms. The van der Waals surface area contributed by atoms with Crippen molar-refractivity contribution >= 4 is 28.5 Å². The van der Waals surface area contributed by atoms with E-state index in [0.717, 1.165) is 16.0 Å². The van der Waals surface area contributed by atoms with Crippen molar-refractivity contribution in [1.29, 1.82) is 0 Å². The van der Waals surface area contributed by atoms with Crippen LogP contribution < -0.4 is 0 Å². The molecule has 0 saturated heterocycles. The number of benzene rings is 1. The summed E-state index contributed by atoms with van der Waals surface area (Å²) < 4.78 is 5.37. The zero-order chi connectivity index (χ0) is 13.1. The van der Waals surface area contributed by atoms with E-state index in [1.165, 1.54) is 24.4 Å². The molecule has 19 heavy (non-hydrogen) atoms. The fourth-order valence-electron chi connectivity index (χ4n) is 1.77. The van der Waals surface area contributed by atoms with Crippen molar-refractivity contribution in [3.63, 3.8) is 0 Å². The number of hydrogen-bond donors (Lipinski definition) is 0. The van der Waals surface area contributed by atoms with Crippen LogP contribution in [0.25, 0.3) is 11.0 Å². The molecule has 0 atom stereocenters. The van der Waals surface area contributed by atoms with Gasteiger partial charge in [-0.15, -0.1) is 0 Å². The van der Waals surface area contributed by atoms with Gasteiger partial charge in [0.05, 0.1) is 16.3 Å². The number of carbonyl (C=O) groups excluding carboxylic acids is 1. The maximum Gasteiger partial charge on any atom is 0.176 e. The van der Waals surface area contributed by atoms with Gasteiger partial charge in [-0.05, 0) is 12.1 Å². The molecule has 0 saturated carbocycles. The summed E-state index contributed by atoms with van der Waals surface area (Å²) in [4.78, 5) is 20.1. The van der Waals surface area contributed by atoms with Crippen LogP contribution in [0.5, 0.6) is 0 Å². The van der Waals surface area contributed by atoms with E-state index in [0.29, 0.717) is 11.3 Å². The maximum atomic E-state index is 12.2. The molecule has 0 radical (unpaired) electrons. The highest BCUT2D eigenvalue weighted by atomic mass is 32.2. The van der Waals surface area contributed by atoms with Gasteiger partial charge in [0.15, 0.2) is 5.78 Å². The van der Waals surface area contributed by atoms with E-state index in [1.54, 1.807) is 12.3 Å². The highest BCUT2D eigenvalue weighted by Gasteiger charge is 2.13. The van der Waals surface area contributed by atoms with Crippen LogP contribution >= 0.6 is 11.8 Å². The largest absolute Gasteiger partial charge is 0.464 e. The molecule has 0 N–H and O–H groups in total. The summed E-state index contributed by atoms with van der Waals surface area (Å²) in [6.07, 6.45) is 4.65. The predicted octanol–water partition coefficient (Wildman–Crippen LogP) is 3.20. The fraction of sp³-hybridized carbons (Fsp3) is 0.0714. The number of aromatic nitrogens is 2. The molecule has 5 heteroatoms. The number of carbonyl (C=O) groups is 1. The molecule has 3 aromatic rings. The van der Waals surface area contributed by atoms with Gasteiger partial charge < -0.3 is 4.42 Å². The zero-order valence-electron chi connectivity index (χ0n) is 9.95. The highest BCUT2D eigenvalue weighted by molar-refractivity contribution is 7.99. The molecule has 94 valence electrons. The Labute approximate surface area is 113 Å². The molecule has 0 unspecified atom stereocenters. The minimum atomic E-state index is 0.0357. The number of thioether (sulfide) groups is 1. The topological polar surface area (TPSA) is 56.0 Å². The molecule has 2 heterocycles. The first-order valence-electron chi connectivity index (χ1n) is 5.73. The molecule has 0 amide bonds. The molecule has 0 aliphatic rings. The zero-order valence-corrected chi connectivity index (χ0v) is 10.8. The predicted molar refractivity (Wildman–Crippen MR) is 73.3 cm³/mol. The summed E-state index contributed by atoms with van der Waals surface area (Å²) in [5.74, 6) is 0.370. The molecule has 4 nitrogen and oxygen atoms in total. The summed E-state index contributed by atoms with van der Waals surface area (Å²) in [6.45, 7) is 0. The van der Waals surface area contributed by atoms with Gasteiger partial charge in [-0.2, -0.15) is 0 Å². The lowest BCUT2D eigenvalue weighted by atomic mass is 10.1. The monoisotopic (exact) mass is 270 g/mol. The van der Waals surface area contributed by atoms with Crippen LogP contribution in [0.3, 0.4) is 0 Å². The number of para-hydroxylation sites is 1. The van der Waals surface area contributed by atoms with Crippen LogP contribution in [0.1, 0.15) is 10.4 Å². The van der Waals surface area contributed by atoms with Gasteiger partial charge >= 0.3 is 0 Å². The fourth-order valence-corrected chi connectivity index (χ4v) is 2.49. The molecule has 0 aliphatic heterocycles. The summed E-state index contributed by atoms with van der Waals surface area (Å²) >= 11 is 1.39. The van der Waals surface area contributed by atoms with Crippen molar-refractivity contribution in [2.24, 2.45) is 0 Å². The van der Waals surface area contributed by atoms with E-state index in [1.807, 2.05) is 24.3 Å². The molecule has 0 aliphatic carbocycles. The second kappa shape index (κ2) is 5.24. The van der Waals surface area contributed by atoms with E-state index in [2.05, 4.69) is 9.97 Å². The number of hydrogen-bond acceptors (Lipinski definition) is 5. The molecule has 2 aromatic heterocycles. The van der Waals surface area contributed by atoms with Gasteiger partial charge in [-0.25, -0.2) is 9.97 Å². The summed E-state index contributed by atoms with van der Waals surface area (Å²) in [6, 6.07) is 9.30. The first-order valence-corrected chi connectivity index (χ1v) is 6.71. The maximum absolute atomic E-state index is 12.2. The Morgan fingerprint density at radius 1 is 1.26 bits per heavy atom. The van der Waals surface area contributed by atoms with Gasteiger partial charge in [0.25, 0.3) is 0 Å². The average Bonchev–Trinajstić information content (AvgIpc) is 2.90. The Hall–Kier alpha value is -2.14. The van der Waals surface area contributed by atoms with Crippen molar-refractivity contribution < 1.29 is 9.21 Å². The van der Waals surface area contributed by atoms with Crippen LogP contribution in [0, 0.1) is 0 Å². The van der Waals surface area contributed by atoms with Gasteiger partial charge in [-0.3, -0.25) is 4.79 Å². The quantitative estimate of drug-likeness (QED) is 0.414. The molecular formula is C14H10N2O2S. The smallest absolute Gasteiger partial charge is 0.176 e. The van der Waals surface area contributed by atoms with Crippen LogP contribution in [-0.2, 0) is 0 Å². The first-order chi connectivity index (χ1) is 9.34. The number of nitrogens with zero attached hydrogens (tertiary/aromatic N) is 2. The van der Waals surface area contributed by atoms with E-state index in [-0.39, 0.29) is 5.78 Å². The van der Waals surface area contributed by atoms with Crippen molar-refractivity contribution in [2.75, 3.05) is 5.75 Å². The average molecular weight is 270 g/mol. The number of Topliss-reactive ketones (excluding diaryl/α,β-unsaturated/α-hetero) is 1. The Bertz CT molecular complexity index is 710. The number of rotatable bonds is 4. The molecule has 0 spiro atoms. The summed E-state index contributed by atoms with van der Waals surface area (Å²) in [7, 11) is 0. The molecule has 3 rings (SSSR count). The lowest BCUT2D eigenvalue weighted by molar-refractivity contribution is 0.102. The SMILES string of the molecule is O=C(CSc1ccncn1)c1coc2ccccc12. The van der Waals surface area contributed by atoms with Crippen molar-refractivity contribution in [2.45, 2.75) is 5.03 Å². The normalized spacial score (nSPS) is 10.7. The third-order valence-corrected chi connectivity index (χ3v) is 3.63. The first kappa shape index (κ1) is 11.9. The third-order valence-electron chi connectivity index (χ3n) is 2.69. The van der Waals surface area contributed by atoms with Crippen LogP contribution in [0.15, 0.2) is 58.6 Å². The number of fused-ring (bicyclic) bond motifs is 1. The lowest BCUT2D eigenvalue weighted by Gasteiger charge is -1.98.